The standard InChI is InChI=1S/C19H26N4O3/c1-3-16(18(24)26-2)23-19(25)22(13-14-7-5-4-6-8-14)17(21-23)15-9-11-20-12-10-15/h4-8,15-16,20H,3,9-13H2,1-2H3/t16-/m0/s1. The molecule has 2 heterocycles. The minimum Gasteiger partial charge on any atom is -0.467 e. The number of methoxy groups -OCH3 is 1. The summed E-state index contributed by atoms with van der Waals surface area (Å²) < 4.78 is 7.90. The predicted molar refractivity (Wildman–Crippen MR) is 98.2 cm³/mol. The summed E-state index contributed by atoms with van der Waals surface area (Å²) in [5, 5.41) is 7.95. The average molecular weight is 358 g/mol. The monoisotopic (exact) mass is 358 g/mol. The lowest BCUT2D eigenvalue weighted by molar-refractivity contribution is -0.145. The Labute approximate surface area is 153 Å². The van der Waals surface area contributed by atoms with Crippen molar-refractivity contribution in [3.8, 4) is 0 Å². The average Bonchev–Trinajstić information content (AvgIpc) is 3.00. The Balaban J connectivity index is 2.04. The smallest absolute Gasteiger partial charge is 0.347 e. The van der Waals surface area contributed by atoms with E-state index in [0.29, 0.717) is 13.0 Å². The third-order valence-electron chi connectivity index (χ3n) is 4.96. The Morgan fingerprint density at radius 3 is 2.62 bits per heavy atom. The normalized spacial score (nSPS) is 16.4. The van der Waals surface area contributed by atoms with Gasteiger partial charge in [-0.05, 0) is 37.9 Å². The van der Waals surface area contributed by atoms with Crippen LogP contribution in [0.2, 0.25) is 0 Å². The number of benzene rings is 1. The molecule has 1 aromatic heterocycles. The first-order valence-electron chi connectivity index (χ1n) is 9.17. The quantitative estimate of drug-likeness (QED) is 0.795. The minimum atomic E-state index is -0.690. The Hall–Kier alpha value is -2.41. The molecule has 2 aromatic rings. The molecule has 0 bridgehead atoms. The number of nitrogens with one attached hydrogen (secondary N) is 1. The zero-order valence-electron chi connectivity index (χ0n) is 15.4. The summed E-state index contributed by atoms with van der Waals surface area (Å²) in [5.41, 5.74) is 0.787. The summed E-state index contributed by atoms with van der Waals surface area (Å²) in [6, 6.07) is 9.16. The maximum absolute atomic E-state index is 13.1. The van der Waals surface area contributed by atoms with Gasteiger partial charge in [0.2, 0.25) is 0 Å². The molecule has 0 amide bonds. The molecule has 1 saturated heterocycles. The van der Waals surface area contributed by atoms with Crippen molar-refractivity contribution in [2.45, 2.75) is 44.7 Å². The van der Waals surface area contributed by atoms with E-state index in [1.807, 2.05) is 37.3 Å². The van der Waals surface area contributed by atoms with Crippen LogP contribution in [0.25, 0.3) is 0 Å². The summed E-state index contributed by atoms with van der Waals surface area (Å²) in [6.07, 6.45) is 2.32. The van der Waals surface area contributed by atoms with Crippen molar-refractivity contribution in [3.63, 3.8) is 0 Å². The van der Waals surface area contributed by atoms with Crippen LogP contribution in [0, 0.1) is 0 Å². The van der Waals surface area contributed by atoms with Crippen LogP contribution in [0.15, 0.2) is 35.1 Å². The number of nitrogens with zero attached hydrogens (tertiary/aromatic N) is 3. The molecule has 0 unspecified atom stereocenters. The van der Waals surface area contributed by atoms with E-state index >= 15 is 0 Å². The number of aromatic nitrogens is 3. The van der Waals surface area contributed by atoms with E-state index in [1.165, 1.54) is 11.8 Å². The molecular weight excluding hydrogens is 332 g/mol. The molecule has 1 aromatic carbocycles. The van der Waals surface area contributed by atoms with Crippen molar-refractivity contribution < 1.29 is 9.53 Å². The number of hydrogen-bond acceptors (Lipinski definition) is 5. The molecule has 7 heteroatoms. The number of hydrogen-bond donors (Lipinski definition) is 1. The molecule has 0 radical (unpaired) electrons. The molecule has 1 atom stereocenters. The van der Waals surface area contributed by atoms with Crippen molar-refractivity contribution in [2.75, 3.05) is 20.2 Å². The topological polar surface area (TPSA) is 78.2 Å². The lowest BCUT2D eigenvalue weighted by Crippen LogP contribution is -2.33. The van der Waals surface area contributed by atoms with Gasteiger partial charge >= 0.3 is 11.7 Å². The van der Waals surface area contributed by atoms with Gasteiger partial charge in [-0.1, -0.05) is 37.3 Å². The van der Waals surface area contributed by atoms with E-state index in [2.05, 4.69) is 10.4 Å². The molecule has 140 valence electrons. The maximum Gasteiger partial charge on any atom is 0.347 e. The second-order valence-electron chi connectivity index (χ2n) is 6.63. The van der Waals surface area contributed by atoms with Crippen LogP contribution in [0.3, 0.4) is 0 Å². The fourth-order valence-electron chi connectivity index (χ4n) is 3.50. The Morgan fingerprint density at radius 2 is 2.00 bits per heavy atom. The van der Waals surface area contributed by atoms with E-state index in [1.54, 1.807) is 4.57 Å². The van der Waals surface area contributed by atoms with E-state index < -0.39 is 12.0 Å². The van der Waals surface area contributed by atoms with Crippen molar-refractivity contribution >= 4 is 5.97 Å². The van der Waals surface area contributed by atoms with Crippen LogP contribution < -0.4 is 11.0 Å². The van der Waals surface area contributed by atoms with Gasteiger partial charge in [0.25, 0.3) is 0 Å². The second-order valence-corrected chi connectivity index (χ2v) is 6.63. The first kappa shape index (κ1) is 18.4. The van der Waals surface area contributed by atoms with Crippen LogP contribution in [0.4, 0.5) is 0 Å². The molecule has 1 aliphatic rings. The third kappa shape index (κ3) is 3.72. The highest BCUT2D eigenvalue weighted by molar-refractivity contribution is 5.73. The van der Waals surface area contributed by atoms with Crippen LogP contribution in [-0.2, 0) is 16.1 Å². The van der Waals surface area contributed by atoms with Gasteiger partial charge in [0, 0.05) is 5.92 Å². The Bertz CT molecular complexity index is 791. The first-order valence-corrected chi connectivity index (χ1v) is 9.17. The molecule has 1 aliphatic heterocycles. The SMILES string of the molecule is CC[C@@H](C(=O)OC)n1nc(C2CCNCC2)n(Cc2ccccc2)c1=O. The predicted octanol–water partition coefficient (Wildman–Crippen LogP) is 1.68. The fraction of sp³-hybridized carbons (Fsp3) is 0.526. The molecule has 26 heavy (non-hydrogen) atoms. The largest absolute Gasteiger partial charge is 0.467 e. The molecule has 1 fully saturated rings. The zero-order valence-corrected chi connectivity index (χ0v) is 15.4. The highest BCUT2D eigenvalue weighted by Gasteiger charge is 2.29. The summed E-state index contributed by atoms with van der Waals surface area (Å²) >= 11 is 0. The first-order chi connectivity index (χ1) is 12.7. The lowest BCUT2D eigenvalue weighted by Gasteiger charge is -2.22. The molecule has 0 saturated carbocycles. The van der Waals surface area contributed by atoms with Gasteiger partial charge in [0.1, 0.15) is 5.82 Å². The Morgan fingerprint density at radius 1 is 1.31 bits per heavy atom. The molecule has 7 nitrogen and oxygen atoms in total. The van der Waals surface area contributed by atoms with Gasteiger partial charge in [0.15, 0.2) is 6.04 Å². The summed E-state index contributed by atoms with van der Waals surface area (Å²) in [7, 11) is 1.34. The minimum absolute atomic E-state index is 0.212. The van der Waals surface area contributed by atoms with Crippen LogP contribution >= 0.6 is 0 Å². The number of rotatable bonds is 6. The number of esters is 1. The van der Waals surface area contributed by atoms with Crippen LogP contribution in [0.1, 0.15) is 49.5 Å². The van der Waals surface area contributed by atoms with Gasteiger partial charge < -0.3 is 10.1 Å². The molecule has 1 N–H and O–H groups in total. The highest BCUT2D eigenvalue weighted by Crippen LogP contribution is 2.24. The number of ether oxygens (including phenoxy) is 1. The zero-order chi connectivity index (χ0) is 18.5. The molecule has 0 spiro atoms. The Kier molecular flexibility index (Phi) is 5.88. The van der Waals surface area contributed by atoms with Crippen molar-refractivity contribution in [2.24, 2.45) is 0 Å². The van der Waals surface area contributed by atoms with Gasteiger partial charge in [-0.25, -0.2) is 9.59 Å². The molecule has 3 rings (SSSR count). The van der Waals surface area contributed by atoms with Gasteiger partial charge in [-0.2, -0.15) is 9.78 Å². The van der Waals surface area contributed by atoms with E-state index in [0.717, 1.165) is 37.3 Å². The van der Waals surface area contributed by atoms with Gasteiger partial charge in [-0.3, -0.25) is 4.57 Å². The van der Waals surface area contributed by atoms with E-state index in [4.69, 9.17) is 4.74 Å². The van der Waals surface area contributed by atoms with Crippen molar-refractivity contribution in [1.29, 1.82) is 0 Å². The van der Waals surface area contributed by atoms with E-state index in [-0.39, 0.29) is 11.6 Å². The lowest BCUT2D eigenvalue weighted by atomic mass is 9.97. The number of piperidine rings is 1. The van der Waals surface area contributed by atoms with Crippen LogP contribution in [-0.4, -0.2) is 40.5 Å². The van der Waals surface area contributed by atoms with Crippen molar-refractivity contribution in [1.82, 2.24) is 19.7 Å². The fourth-order valence-corrected chi connectivity index (χ4v) is 3.50. The van der Waals surface area contributed by atoms with E-state index in [9.17, 15) is 9.59 Å². The maximum atomic E-state index is 13.1. The van der Waals surface area contributed by atoms with Gasteiger partial charge in [-0.15, -0.1) is 0 Å². The third-order valence-corrected chi connectivity index (χ3v) is 4.96. The molecular formula is C19H26N4O3. The summed E-state index contributed by atoms with van der Waals surface area (Å²) in [5.74, 6) is 0.544. The number of carbonyl (C=O) groups is 1. The second kappa shape index (κ2) is 8.31. The molecule has 0 aliphatic carbocycles. The van der Waals surface area contributed by atoms with Crippen LogP contribution in [0.5, 0.6) is 0 Å². The summed E-state index contributed by atoms with van der Waals surface area (Å²) in [4.78, 5) is 25.2. The number of carbonyl (C=O) groups excluding carboxylic acids is 1. The van der Waals surface area contributed by atoms with Gasteiger partial charge in [0.05, 0.1) is 13.7 Å². The highest BCUT2D eigenvalue weighted by atomic mass is 16.5. The summed E-state index contributed by atoms with van der Waals surface area (Å²) in [6.45, 7) is 4.13. The van der Waals surface area contributed by atoms with Crippen molar-refractivity contribution in [3.05, 3.63) is 52.2 Å².